The summed E-state index contributed by atoms with van der Waals surface area (Å²) in [6, 6.07) is 10.4. The molecule has 0 bridgehead atoms. The fourth-order valence-corrected chi connectivity index (χ4v) is 3.98. The molecular weight excluding hydrogens is 366 g/mol. The van der Waals surface area contributed by atoms with Crippen LogP contribution in [0.1, 0.15) is 36.3 Å². The summed E-state index contributed by atoms with van der Waals surface area (Å²) in [6.45, 7) is 5.97. The number of carbonyl (C=O) groups excluding carboxylic acids is 1. The average molecular weight is 393 g/mol. The third-order valence-corrected chi connectivity index (χ3v) is 5.48. The van der Waals surface area contributed by atoms with Crippen molar-refractivity contribution in [2.24, 2.45) is 5.92 Å². The highest BCUT2D eigenvalue weighted by Gasteiger charge is 2.28. The summed E-state index contributed by atoms with van der Waals surface area (Å²) in [5, 5.41) is 8.01. The molecule has 152 valence electrons. The summed E-state index contributed by atoms with van der Waals surface area (Å²) in [5.41, 5.74) is 2.60. The number of piperidine rings is 1. The maximum atomic E-state index is 12.7. The van der Waals surface area contributed by atoms with Crippen LogP contribution in [0, 0.1) is 19.8 Å². The van der Waals surface area contributed by atoms with Crippen LogP contribution in [0.5, 0.6) is 0 Å². The van der Waals surface area contributed by atoms with Gasteiger partial charge in [-0.3, -0.25) is 4.79 Å². The highest BCUT2D eigenvalue weighted by molar-refractivity contribution is 5.88. The van der Waals surface area contributed by atoms with E-state index in [0.29, 0.717) is 24.6 Å². The Labute approximate surface area is 170 Å². The highest BCUT2D eigenvalue weighted by Crippen LogP contribution is 2.30. The third-order valence-electron chi connectivity index (χ3n) is 5.48. The van der Waals surface area contributed by atoms with Gasteiger partial charge in [0.2, 0.25) is 5.91 Å². The fourth-order valence-electron chi connectivity index (χ4n) is 3.98. The topological polar surface area (TPSA) is 84.2 Å². The van der Waals surface area contributed by atoms with Gasteiger partial charge in [0.1, 0.15) is 17.0 Å². The van der Waals surface area contributed by atoms with Crippen molar-refractivity contribution < 1.29 is 9.32 Å². The van der Waals surface area contributed by atoms with Gasteiger partial charge in [-0.1, -0.05) is 35.5 Å². The first-order chi connectivity index (χ1) is 14.1. The Bertz CT molecular complexity index is 986. The molecule has 3 heterocycles. The minimum atomic E-state index is -0.0361. The summed E-state index contributed by atoms with van der Waals surface area (Å²) >= 11 is 0. The van der Waals surface area contributed by atoms with Gasteiger partial charge in [0.05, 0.1) is 11.6 Å². The van der Waals surface area contributed by atoms with E-state index in [1.54, 1.807) is 0 Å². The summed E-state index contributed by atoms with van der Waals surface area (Å²) in [7, 11) is 0. The number of aromatic nitrogens is 3. The summed E-state index contributed by atoms with van der Waals surface area (Å²) in [6.07, 6.45) is 3.77. The Morgan fingerprint density at radius 3 is 2.90 bits per heavy atom. The Balaban J connectivity index is 1.37. The number of hydrogen-bond donors (Lipinski definition) is 1. The molecule has 0 spiro atoms. The van der Waals surface area contributed by atoms with Gasteiger partial charge in [-0.05, 0) is 45.1 Å². The van der Waals surface area contributed by atoms with Crippen LogP contribution < -0.4 is 10.2 Å². The van der Waals surface area contributed by atoms with Crippen LogP contribution in [0.2, 0.25) is 0 Å². The Hall–Kier alpha value is -2.96. The lowest BCUT2D eigenvalue weighted by Gasteiger charge is -2.33. The van der Waals surface area contributed by atoms with Crippen molar-refractivity contribution >= 4 is 22.8 Å². The van der Waals surface area contributed by atoms with Gasteiger partial charge in [-0.25, -0.2) is 4.98 Å². The zero-order valence-electron chi connectivity index (χ0n) is 17.0. The molecule has 3 aromatic rings. The molecular formula is C22H27N5O2. The van der Waals surface area contributed by atoms with Crippen LogP contribution in [0.15, 0.2) is 34.9 Å². The molecule has 0 saturated carbocycles. The van der Waals surface area contributed by atoms with Gasteiger partial charge in [0.25, 0.3) is 5.71 Å². The van der Waals surface area contributed by atoms with Crippen molar-refractivity contribution in [3.8, 4) is 0 Å². The average Bonchev–Trinajstić information content (AvgIpc) is 3.11. The molecule has 7 nitrogen and oxygen atoms in total. The van der Waals surface area contributed by atoms with Crippen LogP contribution >= 0.6 is 0 Å². The number of aryl methyl sites for hydroxylation is 3. The predicted molar refractivity (Wildman–Crippen MR) is 112 cm³/mol. The molecule has 1 N–H and O–H groups in total. The quantitative estimate of drug-likeness (QED) is 0.648. The molecule has 2 aromatic heterocycles. The maximum Gasteiger partial charge on any atom is 0.263 e. The van der Waals surface area contributed by atoms with E-state index < -0.39 is 0 Å². The lowest BCUT2D eigenvalue weighted by Crippen LogP contribution is -2.43. The molecule has 0 unspecified atom stereocenters. The molecule has 29 heavy (non-hydrogen) atoms. The number of nitrogens with zero attached hydrogens (tertiary/aromatic N) is 4. The van der Waals surface area contributed by atoms with Gasteiger partial charge in [0, 0.05) is 19.6 Å². The third kappa shape index (κ3) is 4.39. The summed E-state index contributed by atoms with van der Waals surface area (Å²) < 4.78 is 5.33. The van der Waals surface area contributed by atoms with Crippen molar-refractivity contribution in [2.75, 3.05) is 24.5 Å². The number of anilines is 1. The molecule has 1 aliphatic heterocycles. The number of nitrogens with one attached hydrogen (secondary N) is 1. The highest BCUT2D eigenvalue weighted by atomic mass is 16.5. The SMILES string of the molecule is Cc1nc(N2CCC[C@@H](C(=O)NCCCc3ccccc3)C2)c2c(C)noc2n1. The molecule has 1 saturated heterocycles. The van der Waals surface area contributed by atoms with Crippen molar-refractivity contribution in [3.05, 3.63) is 47.4 Å². The van der Waals surface area contributed by atoms with Crippen LogP contribution in [0.25, 0.3) is 11.1 Å². The van der Waals surface area contributed by atoms with E-state index in [1.807, 2.05) is 32.0 Å². The molecule has 1 atom stereocenters. The largest absolute Gasteiger partial charge is 0.356 e. The van der Waals surface area contributed by atoms with Crippen molar-refractivity contribution in [2.45, 2.75) is 39.5 Å². The minimum absolute atomic E-state index is 0.0361. The molecule has 7 heteroatoms. The van der Waals surface area contributed by atoms with Crippen LogP contribution in [0.3, 0.4) is 0 Å². The second kappa shape index (κ2) is 8.59. The number of fused-ring (bicyclic) bond motifs is 1. The molecule has 1 fully saturated rings. The summed E-state index contributed by atoms with van der Waals surface area (Å²) in [4.78, 5) is 23.9. The van der Waals surface area contributed by atoms with E-state index in [1.165, 1.54) is 5.56 Å². The predicted octanol–water partition coefficient (Wildman–Crippen LogP) is 3.20. The Kier molecular flexibility index (Phi) is 5.74. The van der Waals surface area contributed by atoms with E-state index in [-0.39, 0.29) is 11.8 Å². The second-order valence-corrected chi connectivity index (χ2v) is 7.71. The van der Waals surface area contributed by atoms with Crippen molar-refractivity contribution in [1.82, 2.24) is 20.4 Å². The first-order valence-corrected chi connectivity index (χ1v) is 10.3. The van der Waals surface area contributed by atoms with E-state index in [0.717, 1.165) is 49.1 Å². The standard InChI is InChI=1S/C22H27N5O2/c1-15-19-20(24-16(2)25-22(19)29-26-15)27-13-7-11-18(14-27)21(28)23-12-6-10-17-8-4-3-5-9-17/h3-5,8-9,18H,6-7,10-14H2,1-2H3,(H,23,28)/t18-/m1/s1. The van der Waals surface area contributed by atoms with Crippen LogP contribution in [0.4, 0.5) is 5.82 Å². The number of benzene rings is 1. The zero-order valence-corrected chi connectivity index (χ0v) is 17.0. The van der Waals surface area contributed by atoms with Gasteiger partial charge in [0.15, 0.2) is 0 Å². The first kappa shape index (κ1) is 19.4. The number of rotatable bonds is 6. The summed E-state index contributed by atoms with van der Waals surface area (Å²) in [5.74, 6) is 1.57. The van der Waals surface area contributed by atoms with Crippen molar-refractivity contribution in [1.29, 1.82) is 0 Å². The molecule has 4 rings (SSSR count). The number of carbonyl (C=O) groups is 1. The molecule has 1 aliphatic rings. The van der Waals surface area contributed by atoms with E-state index in [9.17, 15) is 4.79 Å². The van der Waals surface area contributed by atoms with E-state index in [4.69, 9.17) is 4.52 Å². The number of hydrogen-bond acceptors (Lipinski definition) is 6. The van der Waals surface area contributed by atoms with Gasteiger partial charge in [-0.15, -0.1) is 0 Å². The molecule has 0 aliphatic carbocycles. The maximum absolute atomic E-state index is 12.7. The Morgan fingerprint density at radius 2 is 2.07 bits per heavy atom. The molecule has 1 aromatic carbocycles. The van der Waals surface area contributed by atoms with Crippen LogP contribution in [-0.4, -0.2) is 40.7 Å². The lowest BCUT2D eigenvalue weighted by atomic mass is 9.96. The zero-order chi connectivity index (χ0) is 20.2. The van der Waals surface area contributed by atoms with Gasteiger partial charge < -0.3 is 14.7 Å². The first-order valence-electron chi connectivity index (χ1n) is 10.3. The molecule has 1 amide bonds. The fraction of sp³-hybridized carbons (Fsp3) is 0.455. The second-order valence-electron chi connectivity index (χ2n) is 7.71. The van der Waals surface area contributed by atoms with Gasteiger partial charge in [-0.2, -0.15) is 4.98 Å². The van der Waals surface area contributed by atoms with Gasteiger partial charge >= 0.3 is 0 Å². The van der Waals surface area contributed by atoms with E-state index in [2.05, 4.69) is 37.5 Å². The molecule has 0 radical (unpaired) electrons. The van der Waals surface area contributed by atoms with Crippen molar-refractivity contribution in [3.63, 3.8) is 0 Å². The minimum Gasteiger partial charge on any atom is -0.356 e. The van der Waals surface area contributed by atoms with Crippen LogP contribution in [-0.2, 0) is 11.2 Å². The monoisotopic (exact) mass is 393 g/mol. The Morgan fingerprint density at radius 1 is 1.24 bits per heavy atom. The lowest BCUT2D eigenvalue weighted by molar-refractivity contribution is -0.125. The number of amides is 1. The van der Waals surface area contributed by atoms with E-state index >= 15 is 0 Å². The normalized spacial score (nSPS) is 16.9. The smallest absolute Gasteiger partial charge is 0.263 e.